The summed E-state index contributed by atoms with van der Waals surface area (Å²) in [5.41, 5.74) is 7.60. The van der Waals surface area contributed by atoms with Gasteiger partial charge in [-0.15, -0.1) is 0 Å². The molecular weight excluding hydrogens is 224 g/mol. The number of hydrogen-bond acceptors (Lipinski definition) is 3. The Morgan fingerprint density at radius 3 is 3.00 bits per heavy atom. The Balaban J connectivity index is 1.79. The molecule has 3 nitrogen and oxygen atoms in total. The molecule has 2 heterocycles. The Labute approximate surface area is 109 Å². The molecule has 0 spiro atoms. The van der Waals surface area contributed by atoms with E-state index in [1.807, 2.05) is 18.2 Å². The van der Waals surface area contributed by atoms with Gasteiger partial charge in [-0.25, -0.2) is 0 Å². The van der Waals surface area contributed by atoms with E-state index in [0.717, 1.165) is 36.9 Å². The Hall–Kier alpha value is -1.06. The van der Waals surface area contributed by atoms with Gasteiger partial charge in [0.2, 0.25) is 0 Å². The van der Waals surface area contributed by atoms with E-state index < -0.39 is 0 Å². The van der Waals surface area contributed by atoms with Gasteiger partial charge in [0.1, 0.15) is 12.4 Å². The van der Waals surface area contributed by atoms with Crippen molar-refractivity contribution < 1.29 is 4.74 Å². The Morgan fingerprint density at radius 2 is 2.17 bits per heavy atom. The van der Waals surface area contributed by atoms with Crippen molar-refractivity contribution in [3.63, 3.8) is 0 Å². The Morgan fingerprint density at radius 1 is 1.33 bits per heavy atom. The molecule has 3 unspecified atom stereocenters. The van der Waals surface area contributed by atoms with Gasteiger partial charge in [0.15, 0.2) is 0 Å². The normalized spacial score (nSPS) is 32.7. The van der Waals surface area contributed by atoms with Gasteiger partial charge >= 0.3 is 0 Å². The van der Waals surface area contributed by atoms with Crippen LogP contribution in [0.2, 0.25) is 0 Å². The van der Waals surface area contributed by atoms with E-state index in [0.29, 0.717) is 6.04 Å². The van der Waals surface area contributed by atoms with Crippen LogP contribution >= 0.6 is 0 Å². The van der Waals surface area contributed by atoms with E-state index in [2.05, 4.69) is 17.9 Å². The van der Waals surface area contributed by atoms with Crippen molar-refractivity contribution in [2.24, 2.45) is 11.7 Å². The lowest BCUT2D eigenvalue weighted by Gasteiger charge is -2.42. The summed E-state index contributed by atoms with van der Waals surface area (Å²) in [6.45, 7) is 5.37. The van der Waals surface area contributed by atoms with Crippen molar-refractivity contribution in [3.8, 4) is 5.75 Å². The van der Waals surface area contributed by atoms with Crippen LogP contribution in [0.25, 0.3) is 0 Å². The minimum Gasteiger partial charge on any atom is -0.492 e. The number of likely N-dealkylation sites (tertiary alicyclic amines) is 1. The number of ether oxygens (including phenoxy) is 1. The molecule has 18 heavy (non-hydrogen) atoms. The summed E-state index contributed by atoms with van der Waals surface area (Å²) in [4.78, 5) is 2.52. The van der Waals surface area contributed by atoms with E-state index in [1.54, 1.807) is 0 Å². The lowest BCUT2D eigenvalue weighted by Crippen LogP contribution is -2.51. The molecule has 98 valence electrons. The number of para-hydroxylation sites is 1. The van der Waals surface area contributed by atoms with Crippen molar-refractivity contribution in [1.29, 1.82) is 0 Å². The second-order valence-corrected chi connectivity index (χ2v) is 5.68. The van der Waals surface area contributed by atoms with Gasteiger partial charge in [0, 0.05) is 12.1 Å². The van der Waals surface area contributed by atoms with Gasteiger partial charge in [0.25, 0.3) is 0 Å². The first-order chi connectivity index (χ1) is 8.75. The molecule has 3 rings (SSSR count). The second kappa shape index (κ2) is 4.90. The molecule has 2 N–H and O–H groups in total. The van der Waals surface area contributed by atoms with Crippen LogP contribution in [-0.2, 0) is 0 Å². The summed E-state index contributed by atoms with van der Waals surface area (Å²) in [5, 5.41) is 0. The first kappa shape index (κ1) is 12.0. The fourth-order valence-corrected chi connectivity index (χ4v) is 3.23. The maximum atomic E-state index is 6.45. The lowest BCUT2D eigenvalue weighted by molar-refractivity contribution is 0.0643. The molecule has 0 radical (unpaired) electrons. The molecule has 3 heteroatoms. The largest absolute Gasteiger partial charge is 0.492 e. The number of hydrogen-bond donors (Lipinski definition) is 1. The highest BCUT2D eigenvalue weighted by atomic mass is 16.5. The molecule has 2 aliphatic heterocycles. The summed E-state index contributed by atoms with van der Waals surface area (Å²) < 4.78 is 5.87. The van der Waals surface area contributed by atoms with Crippen LogP contribution in [0.4, 0.5) is 0 Å². The number of rotatable bonds is 1. The summed E-state index contributed by atoms with van der Waals surface area (Å²) >= 11 is 0. The highest BCUT2D eigenvalue weighted by Gasteiger charge is 2.33. The van der Waals surface area contributed by atoms with Gasteiger partial charge in [-0.2, -0.15) is 0 Å². The zero-order valence-electron chi connectivity index (χ0n) is 11.0. The third-order valence-corrected chi connectivity index (χ3v) is 4.26. The van der Waals surface area contributed by atoms with Crippen LogP contribution in [0.1, 0.15) is 31.4 Å². The average molecular weight is 246 g/mol. The van der Waals surface area contributed by atoms with Crippen molar-refractivity contribution in [2.75, 3.05) is 19.7 Å². The predicted molar refractivity (Wildman–Crippen MR) is 72.6 cm³/mol. The van der Waals surface area contributed by atoms with E-state index in [-0.39, 0.29) is 6.04 Å². The molecule has 1 fully saturated rings. The molecular formula is C15H22N2O. The molecule has 1 saturated heterocycles. The van der Waals surface area contributed by atoms with Crippen molar-refractivity contribution in [3.05, 3.63) is 29.8 Å². The highest BCUT2D eigenvalue weighted by Crippen LogP contribution is 2.33. The van der Waals surface area contributed by atoms with E-state index >= 15 is 0 Å². The maximum absolute atomic E-state index is 6.45. The molecule has 0 aliphatic carbocycles. The van der Waals surface area contributed by atoms with E-state index in [4.69, 9.17) is 10.5 Å². The highest BCUT2D eigenvalue weighted by molar-refractivity contribution is 5.38. The predicted octanol–water partition coefficient (Wildman–Crippen LogP) is 2.18. The average Bonchev–Trinajstić information content (AvgIpc) is 2.39. The van der Waals surface area contributed by atoms with Crippen LogP contribution < -0.4 is 10.5 Å². The van der Waals surface area contributed by atoms with Crippen LogP contribution in [-0.4, -0.2) is 30.6 Å². The first-order valence-electron chi connectivity index (χ1n) is 6.97. The van der Waals surface area contributed by atoms with Gasteiger partial charge < -0.3 is 10.5 Å². The number of fused-ring (bicyclic) bond motifs is 1. The Kier molecular flexibility index (Phi) is 3.27. The van der Waals surface area contributed by atoms with Gasteiger partial charge in [-0.1, -0.05) is 25.1 Å². The first-order valence-corrected chi connectivity index (χ1v) is 6.97. The lowest BCUT2D eigenvalue weighted by atomic mass is 9.92. The number of nitrogens with two attached hydrogens (primary N) is 1. The monoisotopic (exact) mass is 246 g/mol. The van der Waals surface area contributed by atoms with Crippen molar-refractivity contribution >= 4 is 0 Å². The molecule has 0 amide bonds. The molecule has 1 aromatic rings. The van der Waals surface area contributed by atoms with Crippen LogP contribution in [0.5, 0.6) is 5.75 Å². The summed E-state index contributed by atoms with van der Waals surface area (Å²) in [5.74, 6) is 1.74. The summed E-state index contributed by atoms with van der Waals surface area (Å²) in [6.07, 6.45) is 2.63. The van der Waals surface area contributed by atoms with Crippen LogP contribution in [0.3, 0.4) is 0 Å². The SMILES string of the molecule is CC1CCCN(C2COc3ccccc3C2N)C1. The standard InChI is InChI=1S/C15H22N2O/c1-11-5-4-8-17(9-11)13-10-18-14-7-3-2-6-12(14)15(13)16/h2-3,6-7,11,13,15H,4-5,8-10,16H2,1H3. The summed E-state index contributed by atoms with van der Waals surface area (Å²) in [6, 6.07) is 8.59. The Bertz CT molecular complexity index is 421. The molecule has 0 saturated carbocycles. The zero-order valence-corrected chi connectivity index (χ0v) is 11.0. The quantitative estimate of drug-likeness (QED) is 0.825. The molecule has 2 aliphatic rings. The molecule has 1 aromatic carbocycles. The summed E-state index contributed by atoms with van der Waals surface area (Å²) in [7, 11) is 0. The van der Waals surface area contributed by atoms with Gasteiger partial charge in [-0.05, 0) is 31.4 Å². The van der Waals surface area contributed by atoms with E-state index in [9.17, 15) is 0 Å². The van der Waals surface area contributed by atoms with Crippen LogP contribution in [0, 0.1) is 5.92 Å². The van der Waals surface area contributed by atoms with Crippen molar-refractivity contribution in [1.82, 2.24) is 4.90 Å². The number of benzene rings is 1. The van der Waals surface area contributed by atoms with Gasteiger partial charge in [0.05, 0.1) is 12.1 Å². The fraction of sp³-hybridized carbons (Fsp3) is 0.600. The molecule has 3 atom stereocenters. The fourth-order valence-electron chi connectivity index (χ4n) is 3.23. The number of nitrogens with zero attached hydrogens (tertiary/aromatic N) is 1. The third kappa shape index (κ3) is 2.13. The smallest absolute Gasteiger partial charge is 0.124 e. The maximum Gasteiger partial charge on any atom is 0.124 e. The molecule has 0 aromatic heterocycles. The minimum atomic E-state index is 0.0836. The molecule has 0 bridgehead atoms. The van der Waals surface area contributed by atoms with Crippen LogP contribution in [0.15, 0.2) is 24.3 Å². The second-order valence-electron chi connectivity index (χ2n) is 5.68. The third-order valence-electron chi connectivity index (χ3n) is 4.26. The number of piperidine rings is 1. The zero-order chi connectivity index (χ0) is 12.5. The van der Waals surface area contributed by atoms with Crippen molar-refractivity contribution in [2.45, 2.75) is 31.8 Å². The van der Waals surface area contributed by atoms with Gasteiger partial charge in [-0.3, -0.25) is 4.90 Å². The van der Waals surface area contributed by atoms with E-state index in [1.165, 1.54) is 12.8 Å². The minimum absolute atomic E-state index is 0.0836. The topological polar surface area (TPSA) is 38.5 Å².